The van der Waals surface area contributed by atoms with Gasteiger partial charge in [-0.3, -0.25) is 24.7 Å². The van der Waals surface area contributed by atoms with Crippen LogP contribution in [0.2, 0.25) is 5.02 Å². The average Bonchev–Trinajstić information content (AvgIpc) is 2.82. The van der Waals surface area contributed by atoms with Crippen molar-refractivity contribution in [3.63, 3.8) is 0 Å². The summed E-state index contributed by atoms with van der Waals surface area (Å²) in [5, 5.41) is 6.68. The number of benzene rings is 2. The summed E-state index contributed by atoms with van der Waals surface area (Å²) in [6.07, 6.45) is 0.984. The van der Waals surface area contributed by atoms with Crippen molar-refractivity contribution in [2.45, 2.75) is 32.5 Å². The number of hydrogen-bond donors (Lipinski definition) is 2. The summed E-state index contributed by atoms with van der Waals surface area (Å²) in [7, 11) is 0. The van der Waals surface area contributed by atoms with Gasteiger partial charge in [-0.15, -0.1) is 0 Å². The molecule has 0 saturated carbocycles. The summed E-state index contributed by atoms with van der Waals surface area (Å²) >= 11 is 5.96. The number of fused-ring (bicyclic) bond motifs is 1. The zero-order chi connectivity index (χ0) is 23.4. The number of carbonyl (C=O) groups excluding carboxylic acids is 3. The van der Waals surface area contributed by atoms with Crippen molar-refractivity contribution >= 4 is 35.1 Å². The van der Waals surface area contributed by atoms with Gasteiger partial charge in [-0.05, 0) is 56.1 Å². The standard InChI is InChI=1S/C24H27ClN4O4/c1-2-33-20-8-4-3-7-19(20)27-21(30)15-28-22-18(6-5-13-26-22)23(31)29(24(28)32)14-16-9-11-17(25)12-10-16/h3-4,7-12,18,22,26H,2,5-6,13-15H2,1H3,(H,27,30). The van der Waals surface area contributed by atoms with Crippen molar-refractivity contribution in [3.05, 3.63) is 59.1 Å². The average molecular weight is 471 g/mol. The Morgan fingerprint density at radius 3 is 2.70 bits per heavy atom. The van der Waals surface area contributed by atoms with Gasteiger partial charge < -0.3 is 10.1 Å². The molecule has 2 N–H and O–H groups in total. The minimum Gasteiger partial charge on any atom is -0.492 e. The summed E-state index contributed by atoms with van der Waals surface area (Å²) in [5.41, 5.74) is 1.33. The second kappa shape index (κ2) is 10.2. The lowest BCUT2D eigenvalue weighted by Crippen LogP contribution is -2.68. The lowest BCUT2D eigenvalue weighted by Gasteiger charge is -2.46. The summed E-state index contributed by atoms with van der Waals surface area (Å²) in [5.74, 6) is -0.410. The molecule has 4 amide bonds. The number of rotatable bonds is 7. The Kier molecular flexibility index (Phi) is 7.15. The fourth-order valence-electron chi connectivity index (χ4n) is 4.31. The number of imide groups is 1. The second-order valence-electron chi connectivity index (χ2n) is 8.09. The molecule has 2 atom stereocenters. The van der Waals surface area contributed by atoms with E-state index in [4.69, 9.17) is 16.3 Å². The highest BCUT2D eigenvalue weighted by Gasteiger charge is 2.47. The summed E-state index contributed by atoms with van der Waals surface area (Å²) in [6, 6.07) is 13.7. The van der Waals surface area contributed by atoms with Crippen molar-refractivity contribution in [1.29, 1.82) is 0 Å². The molecule has 2 aromatic carbocycles. The van der Waals surface area contributed by atoms with E-state index in [0.717, 1.165) is 12.0 Å². The van der Waals surface area contributed by atoms with Gasteiger partial charge >= 0.3 is 6.03 Å². The summed E-state index contributed by atoms with van der Waals surface area (Å²) < 4.78 is 5.57. The fourth-order valence-corrected chi connectivity index (χ4v) is 4.43. The number of para-hydroxylation sites is 2. The maximum Gasteiger partial charge on any atom is 0.328 e. The van der Waals surface area contributed by atoms with Crippen LogP contribution in [0, 0.1) is 5.92 Å². The van der Waals surface area contributed by atoms with Gasteiger partial charge in [0.25, 0.3) is 0 Å². The second-order valence-corrected chi connectivity index (χ2v) is 8.52. The topological polar surface area (TPSA) is 91.0 Å². The maximum atomic E-state index is 13.4. The highest BCUT2D eigenvalue weighted by atomic mass is 35.5. The molecule has 0 aromatic heterocycles. The van der Waals surface area contributed by atoms with Crippen LogP contribution in [0.3, 0.4) is 0 Å². The molecule has 4 rings (SSSR count). The zero-order valence-corrected chi connectivity index (χ0v) is 19.2. The van der Waals surface area contributed by atoms with Crippen molar-refractivity contribution in [2.75, 3.05) is 25.0 Å². The van der Waals surface area contributed by atoms with Gasteiger partial charge in [0.05, 0.1) is 30.9 Å². The number of nitrogens with zero attached hydrogens (tertiary/aromatic N) is 2. The lowest BCUT2D eigenvalue weighted by molar-refractivity contribution is -0.143. The van der Waals surface area contributed by atoms with E-state index in [1.54, 1.807) is 42.5 Å². The van der Waals surface area contributed by atoms with Crippen LogP contribution in [-0.2, 0) is 16.1 Å². The van der Waals surface area contributed by atoms with Gasteiger partial charge in [0.2, 0.25) is 11.8 Å². The Labute approximate surface area is 197 Å². The Balaban J connectivity index is 1.53. The maximum absolute atomic E-state index is 13.4. The number of urea groups is 1. The Morgan fingerprint density at radius 1 is 1.18 bits per heavy atom. The number of hydrogen-bond acceptors (Lipinski definition) is 5. The molecule has 33 heavy (non-hydrogen) atoms. The zero-order valence-electron chi connectivity index (χ0n) is 18.4. The summed E-state index contributed by atoms with van der Waals surface area (Å²) in [4.78, 5) is 42.2. The van der Waals surface area contributed by atoms with Gasteiger partial charge in [-0.2, -0.15) is 0 Å². The molecule has 2 saturated heterocycles. The van der Waals surface area contributed by atoms with E-state index in [2.05, 4.69) is 10.6 Å². The van der Waals surface area contributed by atoms with Gasteiger partial charge in [-0.1, -0.05) is 35.9 Å². The number of halogens is 1. The quantitative estimate of drug-likeness (QED) is 0.646. The van der Waals surface area contributed by atoms with Crippen LogP contribution in [0.4, 0.5) is 10.5 Å². The van der Waals surface area contributed by atoms with Crippen LogP contribution >= 0.6 is 11.6 Å². The molecule has 2 heterocycles. The Morgan fingerprint density at radius 2 is 1.94 bits per heavy atom. The Hall–Kier alpha value is -3.10. The van der Waals surface area contributed by atoms with Gasteiger partial charge in [0.1, 0.15) is 12.3 Å². The van der Waals surface area contributed by atoms with Crippen LogP contribution in [0.5, 0.6) is 5.75 Å². The molecule has 2 fully saturated rings. The molecule has 0 aliphatic carbocycles. The van der Waals surface area contributed by atoms with Crippen LogP contribution in [0.25, 0.3) is 0 Å². The molecule has 0 radical (unpaired) electrons. The van der Waals surface area contributed by atoms with Crippen LogP contribution < -0.4 is 15.4 Å². The van der Waals surface area contributed by atoms with Crippen LogP contribution in [0.1, 0.15) is 25.3 Å². The number of anilines is 1. The molecule has 2 unspecified atom stereocenters. The van der Waals surface area contributed by atoms with Crippen molar-refractivity contribution in [2.24, 2.45) is 5.92 Å². The van der Waals surface area contributed by atoms with E-state index in [0.29, 0.717) is 36.0 Å². The minimum atomic E-state index is -0.506. The van der Waals surface area contributed by atoms with E-state index in [1.807, 2.05) is 13.0 Å². The van der Waals surface area contributed by atoms with Gasteiger partial charge in [-0.25, -0.2) is 4.79 Å². The first-order valence-corrected chi connectivity index (χ1v) is 11.5. The van der Waals surface area contributed by atoms with Gasteiger partial charge in [0.15, 0.2) is 0 Å². The minimum absolute atomic E-state index is 0.128. The number of ether oxygens (including phenoxy) is 1. The fraction of sp³-hybridized carbons (Fsp3) is 0.375. The van der Waals surface area contributed by atoms with E-state index in [9.17, 15) is 14.4 Å². The predicted octanol–water partition coefficient (Wildman–Crippen LogP) is 3.47. The molecule has 2 aromatic rings. The van der Waals surface area contributed by atoms with Crippen molar-refractivity contribution in [1.82, 2.24) is 15.1 Å². The SMILES string of the molecule is CCOc1ccccc1NC(=O)CN1C(=O)N(Cc2ccc(Cl)cc2)C(=O)C2CCCNC21. The molecule has 0 bridgehead atoms. The van der Waals surface area contributed by atoms with Crippen LogP contribution in [0.15, 0.2) is 48.5 Å². The number of nitrogens with one attached hydrogen (secondary N) is 2. The molecule has 9 heteroatoms. The molecule has 174 valence electrons. The first kappa shape index (κ1) is 23.1. The first-order valence-electron chi connectivity index (χ1n) is 11.1. The number of piperidine rings is 1. The van der Waals surface area contributed by atoms with Crippen LogP contribution in [-0.4, -0.2) is 53.5 Å². The third kappa shape index (κ3) is 5.12. The molecule has 0 spiro atoms. The predicted molar refractivity (Wildman–Crippen MR) is 125 cm³/mol. The smallest absolute Gasteiger partial charge is 0.328 e. The normalized spacial score (nSPS) is 20.4. The molecular formula is C24H27ClN4O4. The van der Waals surface area contributed by atoms with Gasteiger partial charge in [0, 0.05) is 5.02 Å². The third-order valence-electron chi connectivity index (χ3n) is 5.85. The summed E-state index contributed by atoms with van der Waals surface area (Å²) in [6.45, 7) is 2.96. The lowest BCUT2D eigenvalue weighted by atomic mass is 9.91. The third-order valence-corrected chi connectivity index (χ3v) is 6.10. The highest BCUT2D eigenvalue weighted by molar-refractivity contribution is 6.30. The van der Waals surface area contributed by atoms with Crippen molar-refractivity contribution < 1.29 is 19.1 Å². The van der Waals surface area contributed by atoms with E-state index < -0.39 is 18.1 Å². The largest absolute Gasteiger partial charge is 0.492 e. The monoisotopic (exact) mass is 470 g/mol. The molecule has 8 nitrogen and oxygen atoms in total. The molecular weight excluding hydrogens is 444 g/mol. The number of carbonyl (C=O) groups is 3. The van der Waals surface area contributed by atoms with E-state index in [1.165, 1.54) is 9.80 Å². The van der Waals surface area contributed by atoms with E-state index >= 15 is 0 Å². The Bertz CT molecular complexity index is 1030. The highest BCUT2D eigenvalue weighted by Crippen LogP contribution is 2.30. The molecule has 2 aliphatic heterocycles. The first-order chi connectivity index (χ1) is 16.0. The van der Waals surface area contributed by atoms with Crippen molar-refractivity contribution in [3.8, 4) is 5.75 Å². The van der Waals surface area contributed by atoms with E-state index in [-0.39, 0.29) is 24.9 Å². The number of amides is 4. The molecule has 2 aliphatic rings.